The van der Waals surface area contributed by atoms with Crippen LogP contribution in [-0.2, 0) is 19.1 Å². The molecular weight excluding hydrogens is 378 g/mol. The Labute approximate surface area is 173 Å². The molecule has 0 radical (unpaired) electrons. The molecule has 1 amide bonds. The van der Waals surface area contributed by atoms with Crippen molar-refractivity contribution in [2.24, 2.45) is 29.6 Å². The number of nitrogens with one attached hydrogen (secondary N) is 1. The highest BCUT2D eigenvalue weighted by atomic mass is 16.5. The Hall–Kier alpha value is -1.22. The minimum absolute atomic E-state index is 0.0180. The summed E-state index contributed by atoms with van der Waals surface area (Å²) in [7, 11) is 3.02. The van der Waals surface area contributed by atoms with E-state index in [0.29, 0.717) is 12.3 Å². The van der Waals surface area contributed by atoms with Gasteiger partial charge in [-0.1, -0.05) is 20.3 Å². The normalized spacial score (nSPS) is 43.0. The van der Waals surface area contributed by atoms with Crippen LogP contribution in [0.4, 0.5) is 0 Å². The Bertz CT molecular complexity index is 571. The average Bonchev–Trinajstić information content (AvgIpc) is 2.66. The Morgan fingerprint density at radius 3 is 2.21 bits per heavy atom. The Morgan fingerprint density at radius 1 is 1.07 bits per heavy atom. The van der Waals surface area contributed by atoms with Gasteiger partial charge in [-0.2, -0.15) is 0 Å². The summed E-state index contributed by atoms with van der Waals surface area (Å²) in [5.41, 5.74) is 0. The van der Waals surface area contributed by atoms with E-state index in [1.807, 2.05) is 0 Å². The number of hydrogen-bond donors (Lipinski definition) is 4. The molecule has 168 valence electrons. The lowest BCUT2D eigenvalue weighted by Crippen LogP contribution is -2.58. The van der Waals surface area contributed by atoms with Crippen molar-refractivity contribution in [1.29, 1.82) is 0 Å². The minimum atomic E-state index is -1.26. The largest absolute Gasteiger partial charge is 0.481 e. The molecule has 4 N–H and O–H groups in total. The first-order valence-electron chi connectivity index (χ1n) is 10.6. The Balaban J connectivity index is 2.31. The van der Waals surface area contributed by atoms with Gasteiger partial charge in [-0.3, -0.25) is 9.59 Å². The molecule has 0 spiro atoms. The molecule has 8 nitrogen and oxygen atoms in total. The zero-order valence-electron chi connectivity index (χ0n) is 18.1. The highest BCUT2D eigenvalue weighted by Crippen LogP contribution is 2.44. The summed E-state index contributed by atoms with van der Waals surface area (Å²) < 4.78 is 11.0. The average molecular weight is 416 g/mol. The standard InChI is InChI=1S/C21H37NO7/c1-6-12-9-16(28-4)17(22-11(3)23)14(10(12)2)7-13-8-15(21(26)27)19(25)20(29-5)18(13)24/h10,12-20,24-25H,6-9H2,1-5H3,(H,22,23)(H,26,27)/t10-,12?,13+,14-,15?,16+,17?,18?,19+,20+/m0/s1. The van der Waals surface area contributed by atoms with Gasteiger partial charge in [-0.25, -0.2) is 0 Å². The van der Waals surface area contributed by atoms with Crippen LogP contribution in [0, 0.1) is 29.6 Å². The van der Waals surface area contributed by atoms with Gasteiger partial charge in [-0.05, 0) is 42.9 Å². The minimum Gasteiger partial charge on any atom is -0.481 e. The number of methoxy groups -OCH3 is 2. The number of carboxylic acid groups (broad SMARTS) is 1. The number of ether oxygens (including phenoxy) is 2. The van der Waals surface area contributed by atoms with Crippen LogP contribution in [0.1, 0.15) is 46.5 Å². The molecule has 0 saturated heterocycles. The van der Waals surface area contributed by atoms with Gasteiger partial charge in [0.2, 0.25) is 5.91 Å². The molecule has 4 unspecified atom stereocenters. The number of carboxylic acids is 1. The number of aliphatic hydroxyl groups is 2. The van der Waals surface area contributed by atoms with Gasteiger partial charge >= 0.3 is 5.97 Å². The SMILES string of the molecule is CCC1C[C@@H](OC)C(NC(C)=O)[C@@H](C[C@@H]2CC(C(=O)O)[C@@H](O)[C@H](OC)C2O)[C@H]1C. The van der Waals surface area contributed by atoms with Crippen LogP contribution in [0.2, 0.25) is 0 Å². The molecular formula is C21H37NO7. The van der Waals surface area contributed by atoms with Crippen LogP contribution in [0.3, 0.4) is 0 Å². The van der Waals surface area contributed by atoms with Crippen LogP contribution in [0.15, 0.2) is 0 Å². The summed E-state index contributed by atoms with van der Waals surface area (Å²) >= 11 is 0. The molecule has 0 aromatic heterocycles. The van der Waals surface area contributed by atoms with Crippen molar-refractivity contribution < 1.29 is 34.4 Å². The summed E-state index contributed by atoms with van der Waals surface area (Å²) in [6, 6.07) is -0.210. The van der Waals surface area contributed by atoms with Gasteiger partial charge in [0.05, 0.1) is 30.3 Å². The van der Waals surface area contributed by atoms with Crippen LogP contribution >= 0.6 is 0 Å². The fourth-order valence-corrected chi connectivity index (χ4v) is 5.60. The van der Waals surface area contributed by atoms with Crippen LogP contribution in [-0.4, -0.2) is 71.9 Å². The third-order valence-electron chi connectivity index (χ3n) is 7.30. The quantitative estimate of drug-likeness (QED) is 0.489. The van der Waals surface area contributed by atoms with E-state index in [4.69, 9.17) is 9.47 Å². The fraction of sp³-hybridized carbons (Fsp3) is 0.905. The molecule has 10 atom stereocenters. The molecule has 2 aliphatic carbocycles. The van der Waals surface area contributed by atoms with Gasteiger partial charge in [-0.15, -0.1) is 0 Å². The molecule has 0 aromatic carbocycles. The predicted molar refractivity (Wildman–Crippen MR) is 106 cm³/mol. The number of carbonyl (C=O) groups excluding carboxylic acids is 1. The maximum Gasteiger partial charge on any atom is 0.309 e. The van der Waals surface area contributed by atoms with E-state index in [-0.39, 0.29) is 42.2 Å². The third kappa shape index (κ3) is 5.10. The first-order chi connectivity index (χ1) is 13.7. The van der Waals surface area contributed by atoms with Crippen LogP contribution in [0.25, 0.3) is 0 Å². The molecule has 2 saturated carbocycles. The molecule has 0 aromatic rings. The van der Waals surface area contributed by atoms with E-state index < -0.39 is 30.2 Å². The number of aliphatic hydroxyl groups excluding tert-OH is 2. The van der Waals surface area contributed by atoms with Crippen molar-refractivity contribution in [3.63, 3.8) is 0 Å². The van der Waals surface area contributed by atoms with Gasteiger partial charge in [0.25, 0.3) is 0 Å². The Kier molecular flexibility index (Phi) is 8.46. The lowest BCUT2D eigenvalue weighted by molar-refractivity contribution is -0.176. The van der Waals surface area contributed by atoms with Crippen molar-refractivity contribution in [2.75, 3.05) is 14.2 Å². The van der Waals surface area contributed by atoms with Crippen molar-refractivity contribution in [3.05, 3.63) is 0 Å². The van der Waals surface area contributed by atoms with Crippen LogP contribution < -0.4 is 5.32 Å². The van der Waals surface area contributed by atoms with E-state index in [1.165, 1.54) is 14.0 Å². The number of carbonyl (C=O) groups is 2. The number of amides is 1. The number of hydrogen-bond acceptors (Lipinski definition) is 6. The molecule has 2 rings (SSSR count). The first kappa shape index (κ1) is 24.1. The summed E-state index contributed by atoms with van der Waals surface area (Å²) in [6.07, 6.45) is -0.790. The summed E-state index contributed by atoms with van der Waals surface area (Å²) in [4.78, 5) is 23.5. The van der Waals surface area contributed by atoms with E-state index in [9.17, 15) is 24.9 Å². The predicted octanol–water partition coefficient (Wildman–Crippen LogP) is 1.04. The van der Waals surface area contributed by atoms with Crippen molar-refractivity contribution in [2.45, 2.75) is 76.9 Å². The zero-order valence-corrected chi connectivity index (χ0v) is 18.1. The van der Waals surface area contributed by atoms with Crippen molar-refractivity contribution >= 4 is 11.9 Å². The van der Waals surface area contributed by atoms with E-state index in [2.05, 4.69) is 19.2 Å². The highest BCUT2D eigenvalue weighted by Gasteiger charge is 2.50. The molecule has 0 aliphatic heterocycles. The van der Waals surface area contributed by atoms with E-state index in [0.717, 1.165) is 12.8 Å². The Morgan fingerprint density at radius 2 is 1.72 bits per heavy atom. The maximum absolute atomic E-state index is 11.9. The number of aliphatic carboxylic acids is 1. The van der Waals surface area contributed by atoms with Gasteiger partial charge < -0.3 is 30.1 Å². The van der Waals surface area contributed by atoms with E-state index in [1.54, 1.807) is 7.11 Å². The second kappa shape index (κ2) is 10.2. The number of rotatable bonds is 7. The summed E-state index contributed by atoms with van der Waals surface area (Å²) in [6.45, 7) is 5.77. The monoisotopic (exact) mass is 415 g/mol. The molecule has 8 heteroatoms. The summed E-state index contributed by atoms with van der Waals surface area (Å²) in [5.74, 6) is -1.88. The van der Waals surface area contributed by atoms with Crippen LogP contribution in [0.5, 0.6) is 0 Å². The first-order valence-corrected chi connectivity index (χ1v) is 10.6. The second-order valence-corrected chi connectivity index (χ2v) is 8.79. The highest BCUT2D eigenvalue weighted by molar-refractivity contribution is 5.73. The maximum atomic E-state index is 11.9. The summed E-state index contributed by atoms with van der Waals surface area (Å²) in [5, 5.41) is 33.7. The van der Waals surface area contributed by atoms with Gasteiger partial charge in [0.15, 0.2) is 0 Å². The van der Waals surface area contributed by atoms with E-state index >= 15 is 0 Å². The molecule has 0 bridgehead atoms. The molecule has 2 fully saturated rings. The molecule has 2 aliphatic rings. The smallest absolute Gasteiger partial charge is 0.309 e. The topological polar surface area (TPSA) is 125 Å². The second-order valence-electron chi connectivity index (χ2n) is 8.79. The lowest BCUT2D eigenvalue weighted by Gasteiger charge is -2.49. The fourth-order valence-electron chi connectivity index (χ4n) is 5.60. The third-order valence-corrected chi connectivity index (χ3v) is 7.30. The van der Waals surface area contributed by atoms with Gasteiger partial charge in [0, 0.05) is 21.1 Å². The zero-order chi connectivity index (χ0) is 21.9. The lowest BCUT2D eigenvalue weighted by atomic mass is 9.63. The van der Waals surface area contributed by atoms with Crippen molar-refractivity contribution in [1.82, 2.24) is 5.32 Å². The van der Waals surface area contributed by atoms with Gasteiger partial charge in [0.1, 0.15) is 6.10 Å². The molecule has 29 heavy (non-hydrogen) atoms. The molecule has 0 heterocycles. The van der Waals surface area contributed by atoms with Crippen molar-refractivity contribution in [3.8, 4) is 0 Å².